The van der Waals surface area contributed by atoms with E-state index in [9.17, 15) is 21.6 Å². The number of halogens is 3. The summed E-state index contributed by atoms with van der Waals surface area (Å²) >= 11 is 0. The highest BCUT2D eigenvalue weighted by atomic mass is 32.2. The lowest BCUT2D eigenvalue weighted by atomic mass is 10.1. The Hall–Kier alpha value is -3.40. The van der Waals surface area contributed by atoms with Gasteiger partial charge in [0, 0.05) is 17.5 Å². The first kappa shape index (κ1) is 19.9. The summed E-state index contributed by atoms with van der Waals surface area (Å²) in [7, 11) is -3.37. The molecule has 2 aromatic heterocycles. The molecule has 4 aromatic rings. The third-order valence-electron chi connectivity index (χ3n) is 4.21. The summed E-state index contributed by atoms with van der Waals surface area (Å²) in [6.45, 7) is 0. The molecule has 4 rings (SSSR count). The van der Waals surface area contributed by atoms with Crippen LogP contribution in [0, 0.1) is 17.5 Å². The zero-order chi connectivity index (χ0) is 21.5. The predicted octanol–water partition coefficient (Wildman–Crippen LogP) is 4.60. The van der Waals surface area contributed by atoms with E-state index in [0.717, 1.165) is 24.6 Å². The molecule has 2 aromatic carbocycles. The van der Waals surface area contributed by atoms with Crippen molar-refractivity contribution in [2.75, 3.05) is 11.6 Å². The Morgan fingerprint density at radius 1 is 1.07 bits per heavy atom. The van der Waals surface area contributed by atoms with E-state index in [-0.39, 0.29) is 45.2 Å². The lowest BCUT2D eigenvalue weighted by Gasteiger charge is -2.10. The number of furan rings is 1. The molecule has 0 fully saturated rings. The van der Waals surface area contributed by atoms with Crippen molar-refractivity contribution < 1.29 is 26.0 Å². The van der Waals surface area contributed by atoms with Gasteiger partial charge in [0.15, 0.2) is 15.7 Å². The number of benzene rings is 2. The van der Waals surface area contributed by atoms with Crippen molar-refractivity contribution in [1.29, 1.82) is 0 Å². The van der Waals surface area contributed by atoms with Gasteiger partial charge in [0.05, 0.1) is 23.6 Å². The number of hydrogen-bond acceptors (Lipinski definition) is 6. The SMILES string of the molecule is CS(=O)(=O)Cc1cc(F)cc(Nc2ncc(F)c(-c3ccc(F)c4ccoc34)n2)c1. The number of sulfone groups is 1. The van der Waals surface area contributed by atoms with Crippen LogP contribution in [0.15, 0.2) is 53.3 Å². The van der Waals surface area contributed by atoms with E-state index in [4.69, 9.17) is 4.42 Å². The average molecular weight is 433 g/mol. The van der Waals surface area contributed by atoms with Crippen molar-refractivity contribution in [1.82, 2.24) is 9.97 Å². The molecule has 0 unspecified atom stereocenters. The van der Waals surface area contributed by atoms with E-state index in [0.29, 0.717) is 0 Å². The molecule has 0 saturated heterocycles. The summed E-state index contributed by atoms with van der Waals surface area (Å²) in [6, 6.07) is 7.59. The van der Waals surface area contributed by atoms with Crippen LogP contribution in [0.1, 0.15) is 5.56 Å². The highest BCUT2D eigenvalue weighted by Crippen LogP contribution is 2.32. The van der Waals surface area contributed by atoms with Gasteiger partial charge in [0.25, 0.3) is 0 Å². The highest BCUT2D eigenvalue weighted by Gasteiger charge is 2.17. The topological polar surface area (TPSA) is 85.1 Å². The van der Waals surface area contributed by atoms with Crippen LogP contribution in [0.2, 0.25) is 0 Å². The summed E-state index contributed by atoms with van der Waals surface area (Å²) in [6.07, 6.45) is 3.24. The molecule has 10 heteroatoms. The van der Waals surface area contributed by atoms with Crippen LogP contribution >= 0.6 is 0 Å². The Morgan fingerprint density at radius 3 is 2.63 bits per heavy atom. The Labute approximate surface area is 169 Å². The molecule has 0 aliphatic carbocycles. The maximum absolute atomic E-state index is 14.4. The van der Waals surface area contributed by atoms with Crippen molar-refractivity contribution in [3.05, 3.63) is 71.9 Å². The molecule has 0 aliphatic heterocycles. The minimum Gasteiger partial charge on any atom is -0.464 e. The van der Waals surface area contributed by atoms with Gasteiger partial charge >= 0.3 is 0 Å². The molecule has 2 heterocycles. The van der Waals surface area contributed by atoms with Gasteiger partial charge in [-0.3, -0.25) is 0 Å². The second-order valence-electron chi connectivity index (χ2n) is 6.69. The summed E-state index contributed by atoms with van der Waals surface area (Å²) in [5.74, 6) is -2.35. The summed E-state index contributed by atoms with van der Waals surface area (Å²) < 4.78 is 70.5. The fourth-order valence-corrected chi connectivity index (χ4v) is 3.84. The number of aromatic nitrogens is 2. The molecule has 0 saturated carbocycles. The van der Waals surface area contributed by atoms with Gasteiger partial charge in [0.2, 0.25) is 5.95 Å². The maximum atomic E-state index is 14.4. The number of rotatable bonds is 5. The van der Waals surface area contributed by atoms with Gasteiger partial charge in [-0.2, -0.15) is 0 Å². The molecule has 0 atom stereocenters. The van der Waals surface area contributed by atoms with Crippen LogP contribution < -0.4 is 5.32 Å². The molecular formula is C20H14F3N3O3S. The second-order valence-corrected chi connectivity index (χ2v) is 8.83. The molecule has 0 amide bonds. The van der Waals surface area contributed by atoms with E-state index in [1.54, 1.807) is 0 Å². The Balaban J connectivity index is 1.73. The van der Waals surface area contributed by atoms with Gasteiger partial charge < -0.3 is 9.73 Å². The number of fused-ring (bicyclic) bond motifs is 1. The molecule has 0 spiro atoms. The quantitative estimate of drug-likeness (QED) is 0.495. The van der Waals surface area contributed by atoms with Crippen molar-refractivity contribution in [2.45, 2.75) is 5.75 Å². The van der Waals surface area contributed by atoms with Crippen LogP contribution in [0.5, 0.6) is 0 Å². The van der Waals surface area contributed by atoms with Gasteiger partial charge in [-0.1, -0.05) is 0 Å². The van der Waals surface area contributed by atoms with Crippen LogP contribution in [0.25, 0.3) is 22.2 Å². The van der Waals surface area contributed by atoms with Crippen molar-refractivity contribution >= 4 is 32.4 Å². The monoisotopic (exact) mass is 433 g/mol. The highest BCUT2D eigenvalue weighted by molar-refractivity contribution is 7.89. The van der Waals surface area contributed by atoms with Gasteiger partial charge in [0.1, 0.15) is 22.9 Å². The van der Waals surface area contributed by atoms with Gasteiger partial charge in [-0.15, -0.1) is 0 Å². The molecule has 30 heavy (non-hydrogen) atoms. The smallest absolute Gasteiger partial charge is 0.227 e. The molecule has 0 bridgehead atoms. The molecular weight excluding hydrogens is 419 g/mol. The van der Waals surface area contributed by atoms with Crippen molar-refractivity contribution in [2.24, 2.45) is 0 Å². The minimum absolute atomic E-state index is 0.0636. The standard InChI is InChI=1S/C20H14F3N3O3S/c1-30(27,28)10-11-6-12(21)8-13(7-11)25-20-24-9-17(23)18(26-20)15-2-3-16(22)14-4-5-29-19(14)15/h2-9H,10H2,1H3,(H,24,25,26). The van der Waals surface area contributed by atoms with Crippen LogP contribution in [-0.2, 0) is 15.6 Å². The lowest BCUT2D eigenvalue weighted by Crippen LogP contribution is -2.04. The van der Waals surface area contributed by atoms with Gasteiger partial charge in [-0.05, 0) is 42.0 Å². The Kier molecular flexibility index (Phi) is 4.94. The zero-order valence-corrected chi connectivity index (χ0v) is 16.3. The fourth-order valence-electron chi connectivity index (χ4n) is 3.07. The predicted molar refractivity (Wildman–Crippen MR) is 105 cm³/mol. The number of nitrogens with one attached hydrogen (secondary N) is 1. The van der Waals surface area contributed by atoms with Crippen molar-refractivity contribution in [3.63, 3.8) is 0 Å². The summed E-state index contributed by atoms with van der Waals surface area (Å²) in [4.78, 5) is 7.95. The number of hydrogen-bond donors (Lipinski definition) is 1. The number of anilines is 2. The molecule has 0 radical (unpaired) electrons. The molecule has 6 nitrogen and oxygen atoms in total. The normalized spacial score (nSPS) is 11.7. The summed E-state index contributed by atoms with van der Waals surface area (Å²) in [5.41, 5.74) is 0.628. The van der Waals surface area contributed by atoms with E-state index >= 15 is 0 Å². The average Bonchev–Trinajstić information content (AvgIpc) is 3.13. The molecule has 0 aliphatic rings. The van der Waals surface area contributed by atoms with Crippen LogP contribution in [0.3, 0.4) is 0 Å². The minimum atomic E-state index is -3.37. The fraction of sp³-hybridized carbons (Fsp3) is 0.100. The van der Waals surface area contributed by atoms with Crippen LogP contribution in [-0.4, -0.2) is 24.6 Å². The summed E-state index contributed by atoms with van der Waals surface area (Å²) in [5, 5.41) is 2.91. The van der Waals surface area contributed by atoms with Crippen LogP contribution in [0.4, 0.5) is 24.8 Å². The third kappa shape index (κ3) is 4.13. The van der Waals surface area contributed by atoms with E-state index in [1.807, 2.05) is 0 Å². The van der Waals surface area contributed by atoms with Crippen molar-refractivity contribution in [3.8, 4) is 11.3 Å². The Morgan fingerprint density at radius 2 is 1.87 bits per heavy atom. The first-order chi connectivity index (χ1) is 14.2. The lowest BCUT2D eigenvalue weighted by molar-refractivity contribution is 0.600. The first-order valence-electron chi connectivity index (χ1n) is 8.62. The molecule has 154 valence electrons. The zero-order valence-electron chi connectivity index (χ0n) is 15.5. The maximum Gasteiger partial charge on any atom is 0.227 e. The Bertz CT molecular complexity index is 1370. The van der Waals surface area contributed by atoms with E-state index < -0.39 is 27.3 Å². The van der Waals surface area contributed by atoms with E-state index in [1.165, 1.54) is 30.5 Å². The molecule has 1 N–H and O–H groups in total. The first-order valence-corrected chi connectivity index (χ1v) is 10.7. The third-order valence-corrected chi connectivity index (χ3v) is 5.06. The number of nitrogens with zero attached hydrogens (tertiary/aromatic N) is 2. The van der Waals surface area contributed by atoms with Gasteiger partial charge in [-0.25, -0.2) is 31.6 Å². The van der Waals surface area contributed by atoms with E-state index in [2.05, 4.69) is 15.3 Å². The second kappa shape index (κ2) is 7.45. The largest absolute Gasteiger partial charge is 0.464 e.